The molecule has 0 fully saturated rings. The Hall–Kier alpha value is -3.57. The molecule has 11 heteroatoms. The van der Waals surface area contributed by atoms with Gasteiger partial charge in [0.1, 0.15) is 24.5 Å². The predicted molar refractivity (Wildman–Crippen MR) is 132 cm³/mol. The SMILES string of the molecule is CSc1nc2c(s1)c(=O)n(-c1ccc(C)cc1)c(=O)n2CC(=O)Nc1ccc2c(c1)OCCO2. The number of aryl methyl sites for hydroxylation is 1. The van der Waals surface area contributed by atoms with Gasteiger partial charge in [0.25, 0.3) is 5.56 Å². The molecule has 9 nitrogen and oxygen atoms in total. The number of benzene rings is 2. The second kappa shape index (κ2) is 8.99. The van der Waals surface area contributed by atoms with Crippen molar-refractivity contribution < 1.29 is 14.3 Å². The van der Waals surface area contributed by atoms with Crippen molar-refractivity contribution in [2.75, 3.05) is 24.8 Å². The van der Waals surface area contributed by atoms with Crippen LogP contribution in [0.3, 0.4) is 0 Å². The van der Waals surface area contributed by atoms with E-state index >= 15 is 0 Å². The molecule has 5 rings (SSSR count). The smallest absolute Gasteiger partial charge is 0.337 e. The summed E-state index contributed by atoms with van der Waals surface area (Å²) < 4.78 is 14.3. The van der Waals surface area contributed by atoms with E-state index in [9.17, 15) is 14.4 Å². The minimum absolute atomic E-state index is 0.199. The summed E-state index contributed by atoms with van der Waals surface area (Å²) >= 11 is 2.58. The molecule has 34 heavy (non-hydrogen) atoms. The molecule has 0 saturated heterocycles. The van der Waals surface area contributed by atoms with Gasteiger partial charge in [-0.25, -0.2) is 14.3 Å². The zero-order valence-electron chi connectivity index (χ0n) is 18.4. The Kier molecular flexibility index (Phi) is 5.88. The molecule has 0 spiro atoms. The molecule has 174 valence electrons. The molecule has 0 aliphatic carbocycles. The molecule has 0 unspecified atom stereocenters. The molecule has 1 N–H and O–H groups in total. The summed E-state index contributed by atoms with van der Waals surface area (Å²) in [7, 11) is 0. The van der Waals surface area contributed by atoms with Crippen molar-refractivity contribution in [3.05, 3.63) is 68.9 Å². The Bertz CT molecular complexity index is 1520. The number of hydrogen-bond acceptors (Lipinski definition) is 8. The van der Waals surface area contributed by atoms with E-state index in [0.29, 0.717) is 45.1 Å². The first-order valence-electron chi connectivity index (χ1n) is 10.4. The maximum atomic E-state index is 13.4. The topological polar surface area (TPSA) is 104 Å². The average Bonchev–Trinajstić information content (AvgIpc) is 3.28. The predicted octanol–water partition coefficient (Wildman–Crippen LogP) is 3.05. The summed E-state index contributed by atoms with van der Waals surface area (Å²) in [6.45, 7) is 2.51. The molecule has 0 radical (unpaired) electrons. The monoisotopic (exact) mass is 496 g/mol. The number of amides is 1. The van der Waals surface area contributed by atoms with E-state index in [4.69, 9.17) is 9.47 Å². The molecule has 0 saturated carbocycles. The standard InChI is InChI=1S/C23H20N4O5S2/c1-13-3-6-15(7-4-13)27-21(29)19-20(25-22(33-2)34-19)26(23(27)30)12-18(28)24-14-5-8-16-17(11-14)32-10-9-31-16/h3-8,11H,9-10,12H2,1-2H3,(H,24,28). The summed E-state index contributed by atoms with van der Waals surface area (Å²) in [5.74, 6) is 0.716. The molecule has 3 heterocycles. The van der Waals surface area contributed by atoms with Gasteiger partial charge in [0.15, 0.2) is 21.5 Å². The number of thiazole rings is 1. The van der Waals surface area contributed by atoms with E-state index in [2.05, 4.69) is 10.3 Å². The van der Waals surface area contributed by atoms with Gasteiger partial charge in [-0.3, -0.25) is 14.2 Å². The van der Waals surface area contributed by atoms with Crippen LogP contribution in [-0.4, -0.2) is 39.5 Å². The fraction of sp³-hybridized carbons (Fsp3) is 0.217. The first-order valence-corrected chi connectivity index (χ1v) is 12.5. The molecule has 0 atom stereocenters. The zero-order valence-corrected chi connectivity index (χ0v) is 20.0. The highest BCUT2D eigenvalue weighted by Gasteiger charge is 2.21. The van der Waals surface area contributed by atoms with E-state index in [1.54, 1.807) is 30.3 Å². The highest BCUT2D eigenvalue weighted by molar-refractivity contribution is 8.00. The van der Waals surface area contributed by atoms with Gasteiger partial charge in [0.2, 0.25) is 5.91 Å². The molecular weight excluding hydrogens is 476 g/mol. The van der Waals surface area contributed by atoms with Crippen LogP contribution in [0.1, 0.15) is 5.56 Å². The van der Waals surface area contributed by atoms with E-state index in [1.165, 1.54) is 27.7 Å². The lowest BCUT2D eigenvalue weighted by Gasteiger charge is -2.19. The van der Waals surface area contributed by atoms with Crippen molar-refractivity contribution in [2.45, 2.75) is 17.8 Å². The first-order chi connectivity index (χ1) is 16.4. The van der Waals surface area contributed by atoms with Crippen molar-refractivity contribution in [2.24, 2.45) is 0 Å². The molecule has 4 aromatic rings. The van der Waals surface area contributed by atoms with Crippen LogP contribution in [-0.2, 0) is 11.3 Å². The molecule has 2 aromatic carbocycles. The van der Waals surface area contributed by atoms with Crippen LogP contribution >= 0.6 is 23.1 Å². The summed E-state index contributed by atoms with van der Waals surface area (Å²) in [5, 5.41) is 2.78. The van der Waals surface area contributed by atoms with E-state index < -0.39 is 17.2 Å². The van der Waals surface area contributed by atoms with Crippen LogP contribution in [0.2, 0.25) is 0 Å². The number of anilines is 1. The van der Waals surface area contributed by atoms with Crippen LogP contribution in [0, 0.1) is 6.92 Å². The third kappa shape index (κ3) is 4.08. The van der Waals surface area contributed by atoms with Gasteiger partial charge in [-0.15, -0.1) is 11.3 Å². The Morgan fingerprint density at radius 1 is 1.12 bits per heavy atom. The number of carbonyl (C=O) groups is 1. The number of ether oxygens (including phenoxy) is 2. The quantitative estimate of drug-likeness (QED) is 0.424. The lowest BCUT2D eigenvalue weighted by atomic mass is 10.2. The molecular formula is C23H20N4O5S2. The number of aromatic nitrogens is 3. The van der Waals surface area contributed by atoms with Gasteiger partial charge < -0.3 is 14.8 Å². The number of fused-ring (bicyclic) bond motifs is 2. The zero-order chi connectivity index (χ0) is 23.8. The van der Waals surface area contributed by atoms with Gasteiger partial charge in [-0.05, 0) is 37.4 Å². The number of thioether (sulfide) groups is 1. The van der Waals surface area contributed by atoms with Gasteiger partial charge in [0, 0.05) is 11.8 Å². The second-order valence-electron chi connectivity index (χ2n) is 7.59. The van der Waals surface area contributed by atoms with Crippen molar-refractivity contribution in [3.63, 3.8) is 0 Å². The van der Waals surface area contributed by atoms with Gasteiger partial charge in [-0.2, -0.15) is 0 Å². The molecule has 0 bridgehead atoms. The van der Waals surface area contributed by atoms with Gasteiger partial charge in [-0.1, -0.05) is 29.5 Å². The maximum absolute atomic E-state index is 13.4. The highest BCUT2D eigenvalue weighted by Crippen LogP contribution is 2.32. The van der Waals surface area contributed by atoms with Crippen molar-refractivity contribution >= 4 is 45.0 Å². The Labute approximate surface area is 202 Å². The third-order valence-electron chi connectivity index (χ3n) is 5.26. The highest BCUT2D eigenvalue weighted by atomic mass is 32.2. The lowest BCUT2D eigenvalue weighted by molar-refractivity contribution is -0.116. The number of nitrogens with one attached hydrogen (secondary N) is 1. The normalized spacial score (nSPS) is 12.6. The van der Waals surface area contributed by atoms with Crippen LogP contribution < -0.4 is 26.0 Å². The second-order valence-corrected chi connectivity index (χ2v) is 9.64. The Morgan fingerprint density at radius 3 is 2.59 bits per heavy atom. The largest absolute Gasteiger partial charge is 0.486 e. The van der Waals surface area contributed by atoms with E-state index in [-0.39, 0.29) is 12.2 Å². The average molecular weight is 497 g/mol. The number of hydrogen-bond donors (Lipinski definition) is 1. The van der Waals surface area contributed by atoms with Crippen molar-refractivity contribution in [1.82, 2.24) is 14.1 Å². The fourth-order valence-corrected chi connectivity index (χ4v) is 5.13. The Balaban J connectivity index is 1.55. The first kappa shape index (κ1) is 22.2. The van der Waals surface area contributed by atoms with Crippen LogP contribution in [0.5, 0.6) is 11.5 Å². The number of rotatable bonds is 5. The summed E-state index contributed by atoms with van der Waals surface area (Å²) in [6, 6.07) is 12.2. The summed E-state index contributed by atoms with van der Waals surface area (Å²) in [6.07, 6.45) is 1.84. The van der Waals surface area contributed by atoms with Crippen LogP contribution in [0.15, 0.2) is 56.4 Å². The molecule has 2 aromatic heterocycles. The third-order valence-corrected chi connectivity index (χ3v) is 7.28. The Morgan fingerprint density at radius 2 is 1.85 bits per heavy atom. The minimum atomic E-state index is -0.628. The minimum Gasteiger partial charge on any atom is -0.486 e. The molecule has 1 aliphatic heterocycles. The number of nitrogens with zero attached hydrogens (tertiary/aromatic N) is 3. The van der Waals surface area contributed by atoms with Crippen molar-refractivity contribution in [1.29, 1.82) is 0 Å². The number of carbonyl (C=O) groups excluding carboxylic acids is 1. The summed E-state index contributed by atoms with van der Waals surface area (Å²) in [5.41, 5.74) is 1.06. The van der Waals surface area contributed by atoms with E-state index in [0.717, 1.165) is 10.1 Å². The summed E-state index contributed by atoms with van der Waals surface area (Å²) in [4.78, 5) is 44.0. The van der Waals surface area contributed by atoms with E-state index in [1.807, 2.05) is 25.3 Å². The molecule has 1 aliphatic rings. The van der Waals surface area contributed by atoms with Gasteiger partial charge >= 0.3 is 5.69 Å². The lowest BCUT2D eigenvalue weighted by Crippen LogP contribution is -2.40. The fourth-order valence-electron chi connectivity index (χ4n) is 3.63. The maximum Gasteiger partial charge on any atom is 0.337 e. The van der Waals surface area contributed by atoms with Gasteiger partial charge in [0.05, 0.1) is 5.69 Å². The van der Waals surface area contributed by atoms with Crippen LogP contribution in [0.25, 0.3) is 16.0 Å². The molecule has 1 amide bonds. The van der Waals surface area contributed by atoms with Crippen molar-refractivity contribution in [3.8, 4) is 17.2 Å². The van der Waals surface area contributed by atoms with Crippen LogP contribution in [0.4, 0.5) is 5.69 Å².